The van der Waals surface area contributed by atoms with E-state index in [1.165, 1.54) is 6.07 Å². The molecule has 2 rings (SSSR count). The summed E-state index contributed by atoms with van der Waals surface area (Å²) >= 11 is 0. The molecule has 0 aliphatic rings. The summed E-state index contributed by atoms with van der Waals surface area (Å²) < 4.78 is 0. The number of hydrogen-bond donors (Lipinski definition) is 2. The Bertz CT molecular complexity index is 618. The average Bonchev–Trinajstić information content (AvgIpc) is 2.41. The van der Waals surface area contributed by atoms with Crippen LogP contribution in [0.1, 0.15) is 22.1 Å². The van der Waals surface area contributed by atoms with Gasteiger partial charge in [-0.05, 0) is 12.1 Å². The number of anilines is 2. The normalized spacial score (nSPS) is 9.47. The topological polar surface area (TPSA) is 86.2 Å². The number of para-hydroxylation sites is 1. The molecule has 0 unspecified atom stereocenters. The summed E-state index contributed by atoms with van der Waals surface area (Å²) in [5.41, 5.74) is 12.2. The van der Waals surface area contributed by atoms with Crippen molar-refractivity contribution in [1.82, 2.24) is 0 Å². The van der Waals surface area contributed by atoms with Crippen LogP contribution in [0.3, 0.4) is 0 Å². The molecule has 5 heteroatoms. The van der Waals surface area contributed by atoms with E-state index in [0.717, 1.165) is 0 Å². The van der Waals surface area contributed by atoms with E-state index in [1.54, 1.807) is 42.5 Å². The molecule has 0 bridgehead atoms. The van der Waals surface area contributed by atoms with Gasteiger partial charge in [-0.3, -0.25) is 9.59 Å². The third-order valence-electron chi connectivity index (χ3n) is 2.63. The summed E-state index contributed by atoms with van der Waals surface area (Å²) in [6.45, 7) is 0. The Hall–Kier alpha value is -1.62. The minimum absolute atomic E-state index is 0. The Balaban J connectivity index is 0.00000180. The number of benzene rings is 2. The summed E-state index contributed by atoms with van der Waals surface area (Å²) in [4.78, 5) is 24.0. The van der Waals surface area contributed by atoms with Crippen molar-refractivity contribution < 1.29 is 40.6 Å². The standard InChI is InChI=1S/C14H12N2O2.Na.H/c15-11-8-4-7-10(12(11)16)14(18)13(17)9-5-2-1-3-6-9;;/h1-8H,15-16H2;;/q;+1;-1. The Morgan fingerprint density at radius 2 is 1.47 bits per heavy atom. The Kier molecular flexibility index (Phi) is 5.30. The molecule has 4 nitrogen and oxygen atoms in total. The fourth-order valence-electron chi connectivity index (χ4n) is 1.62. The summed E-state index contributed by atoms with van der Waals surface area (Å²) in [6, 6.07) is 13.0. The number of carbonyl (C=O) groups is 2. The van der Waals surface area contributed by atoms with Gasteiger partial charge in [-0.15, -0.1) is 0 Å². The molecule has 0 saturated carbocycles. The van der Waals surface area contributed by atoms with Gasteiger partial charge in [-0.1, -0.05) is 36.4 Å². The predicted octanol–water partition coefficient (Wildman–Crippen LogP) is -0.967. The predicted molar refractivity (Wildman–Crippen MR) is 71.5 cm³/mol. The fourth-order valence-corrected chi connectivity index (χ4v) is 1.62. The van der Waals surface area contributed by atoms with Crippen LogP contribution in [0.15, 0.2) is 48.5 Å². The zero-order valence-electron chi connectivity index (χ0n) is 11.6. The maximum atomic E-state index is 12.0. The number of ketones is 2. The Labute approximate surface area is 134 Å². The Morgan fingerprint density at radius 1 is 0.842 bits per heavy atom. The van der Waals surface area contributed by atoms with E-state index in [-0.39, 0.29) is 42.2 Å². The van der Waals surface area contributed by atoms with E-state index in [2.05, 4.69) is 0 Å². The summed E-state index contributed by atoms with van der Waals surface area (Å²) in [5.74, 6) is -1.24. The van der Waals surface area contributed by atoms with Crippen LogP contribution in [-0.4, -0.2) is 11.6 Å². The molecule has 0 radical (unpaired) electrons. The minimum atomic E-state index is -0.647. The second kappa shape index (κ2) is 6.52. The molecule has 0 atom stereocenters. The van der Waals surface area contributed by atoms with E-state index >= 15 is 0 Å². The van der Waals surface area contributed by atoms with Gasteiger partial charge in [0.25, 0.3) is 0 Å². The summed E-state index contributed by atoms with van der Waals surface area (Å²) in [5, 5.41) is 0. The van der Waals surface area contributed by atoms with Gasteiger partial charge in [0.2, 0.25) is 11.6 Å². The van der Waals surface area contributed by atoms with Crippen LogP contribution in [0, 0.1) is 0 Å². The molecule has 0 heterocycles. The molecule has 0 aliphatic carbocycles. The molecule has 19 heavy (non-hydrogen) atoms. The summed E-state index contributed by atoms with van der Waals surface area (Å²) in [6.07, 6.45) is 0. The monoisotopic (exact) mass is 264 g/mol. The van der Waals surface area contributed by atoms with Crippen molar-refractivity contribution in [2.45, 2.75) is 0 Å². The number of nitrogens with two attached hydrogens (primary N) is 2. The van der Waals surface area contributed by atoms with Crippen LogP contribution in [0.4, 0.5) is 11.4 Å². The number of hydrogen-bond acceptors (Lipinski definition) is 4. The van der Waals surface area contributed by atoms with Gasteiger partial charge in [0, 0.05) is 5.56 Å². The molecule has 2 aromatic carbocycles. The van der Waals surface area contributed by atoms with Crippen LogP contribution in [0.5, 0.6) is 0 Å². The SMILES string of the molecule is Nc1cccc(C(=O)C(=O)c2ccccc2)c1N.[H-].[Na+]. The molecular formula is C14H13N2NaO2. The quantitative estimate of drug-likeness (QED) is 0.323. The maximum Gasteiger partial charge on any atom is 1.00 e. The van der Waals surface area contributed by atoms with E-state index in [0.29, 0.717) is 11.3 Å². The van der Waals surface area contributed by atoms with Crippen molar-refractivity contribution in [3.8, 4) is 0 Å². The fraction of sp³-hybridized carbons (Fsp3) is 0. The van der Waals surface area contributed by atoms with E-state index in [4.69, 9.17) is 11.5 Å². The zero-order valence-corrected chi connectivity index (χ0v) is 12.6. The van der Waals surface area contributed by atoms with Gasteiger partial charge in [-0.2, -0.15) is 0 Å². The Morgan fingerprint density at radius 3 is 2.11 bits per heavy atom. The van der Waals surface area contributed by atoms with E-state index < -0.39 is 11.6 Å². The van der Waals surface area contributed by atoms with Crippen LogP contribution < -0.4 is 41.0 Å². The first kappa shape index (κ1) is 15.4. The number of nitrogen functional groups attached to an aromatic ring is 2. The second-order valence-electron chi connectivity index (χ2n) is 3.83. The van der Waals surface area contributed by atoms with Gasteiger partial charge in [0.05, 0.1) is 16.9 Å². The van der Waals surface area contributed by atoms with Gasteiger partial charge in [0.15, 0.2) is 0 Å². The molecule has 0 aromatic heterocycles. The largest absolute Gasteiger partial charge is 1.00 e. The third-order valence-corrected chi connectivity index (χ3v) is 2.63. The minimum Gasteiger partial charge on any atom is -1.00 e. The first-order chi connectivity index (χ1) is 8.61. The molecular weight excluding hydrogens is 251 g/mol. The van der Waals surface area contributed by atoms with Crippen LogP contribution in [0.2, 0.25) is 0 Å². The molecule has 92 valence electrons. The molecule has 0 fully saturated rings. The van der Waals surface area contributed by atoms with Gasteiger partial charge < -0.3 is 12.9 Å². The van der Waals surface area contributed by atoms with Gasteiger partial charge in [-0.25, -0.2) is 0 Å². The maximum absolute atomic E-state index is 12.0. The van der Waals surface area contributed by atoms with Crippen molar-refractivity contribution in [3.63, 3.8) is 0 Å². The van der Waals surface area contributed by atoms with Crippen molar-refractivity contribution in [2.75, 3.05) is 11.5 Å². The first-order valence-corrected chi connectivity index (χ1v) is 5.39. The van der Waals surface area contributed by atoms with Crippen molar-refractivity contribution >= 4 is 22.9 Å². The van der Waals surface area contributed by atoms with Gasteiger partial charge in [0.1, 0.15) is 0 Å². The molecule has 0 amide bonds. The number of rotatable bonds is 3. The van der Waals surface area contributed by atoms with Crippen LogP contribution in [-0.2, 0) is 0 Å². The number of carbonyl (C=O) groups excluding carboxylic acids is 2. The molecule has 0 aliphatic heterocycles. The first-order valence-electron chi connectivity index (χ1n) is 5.39. The van der Waals surface area contributed by atoms with Crippen molar-refractivity contribution in [1.29, 1.82) is 0 Å². The molecule has 4 N–H and O–H groups in total. The van der Waals surface area contributed by atoms with Crippen LogP contribution >= 0.6 is 0 Å². The van der Waals surface area contributed by atoms with Gasteiger partial charge >= 0.3 is 29.6 Å². The van der Waals surface area contributed by atoms with Crippen molar-refractivity contribution in [3.05, 3.63) is 59.7 Å². The van der Waals surface area contributed by atoms with E-state index in [9.17, 15) is 9.59 Å². The smallest absolute Gasteiger partial charge is 1.00 e. The van der Waals surface area contributed by atoms with Crippen molar-refractivity contribution in [2.24, 2.45) is 0 Å². The average molecular weight is 264 g/mol. The van der Waals surface area contributed by atoms with E-state index in [1.807, 2.05) is 0 Å². The third kappa shape index (κ3) is 3.23. The molecule has 0 saturated heterocycles. The second-order valence-corrected chi connectivity index (χ2v) is 3.83. The molecule has 2 aromatic rings. The molecule has 0 spiro atoms. The van der Waals surface area contributed by atoms with Crippen LogP contribution in [0.25, 0.3) is 0 Å². The summed E-state index contributed by atoms with van der Waals surface area (Å²) in [7, 11) is 0. The zero-order chi connectivity index (χ0) is 13.1. The number of Topliss-reactive ketones (excluding diaryl/α,β-unsaturated/α-hetero) is 2.